The molecular formula is C19H18FN3O3. The standard InChI is InChI=1S/C19H18FN3O3/c1-11-15-9-13(10-21-19(15)26-23-11)18(24)22-17(16-3-2-8-25-16)12-4-6-14(20)7-5-12/h4-7,9-10,16-17H,2-3,8H2,1H3,(H,22,24). The molecule has 0 radical (unpaired) electrons. The minimum absolute atomic E-state index is 0.140. The second-order valence-corrected chi connectivity index (χ2v) is 6.40. The van der Waals surface area contributed by atoms with Crippen molar-refractivity contribution in [2.24, 2.45) is 0 Å². The van der Waals surface area contributed by atoms with E-state index in [0.29, 0.717) is 29.0 Å². The van der Waals surface area contributed by atoms with Crippen LogP contribution in [0.5, 0.6) is 0 Å². The molecular weight excluding hydrogens is 337 g/mol. The lowest BCUT2D eigenvalue weighted by atomic mass is 9.98. The Morgan fingerprint density at radius 1 is 1.35 bits per heavy atom. The molecule has 1 aromatic carbocycles. The van der Waals surface area contributed by atoms with Crippen LogP contribution in [0, 0.1) is 12.7 Å². The van der Waals surface area contributed by atoms with Crippen molar-refractivity contribution < 1.29 is 18.4 Å². The Labute approximate surface area is 149 Å². The lowest BCUT2D eigenvalue weighted by Crippen LogP contribution is -2.36. The fraction of sp³-hybridized carbons (Fsp3) is 0.316. The molecule has 4 rings (SSSR count). The fourth-order valence-electron chi connectivity index (χ4n) is 3.22. The van der Waals surface area contributed by atoms with Crippen LogP contribution in [0.1, 0.15) is 40.5 Å². The van der Waals surface area contributed by atoms with E-state index in [1.54, 1.807) is 25.1 Å². The number of rotatable bonds is 4. The zero-order valence-electron chi connectivity index (χ0n) is 14.2. The number of ether oxygens (including phenoxy) is 1. The molecule has 2 unspecified atom stereocenters. The van der Waals surface area contributed by atoms with Gasteiger partial charge in [0.15, 0.2) is 0 Å². The molecule has 1 fully saturated rings. The molecule has 0 aliphatic carbocycles. The van der Waals surface area contributed by atoms with Gasteiger partial charge >= 0.3 is 0 Å². The summed E-state index contributed by atoms with van der Waals surface area (Å²) in [6.45, 7) is 2.45. The zero-order chi connectivity index (χ0) is 18.1. The summed E-state index contributed by atoms with van der Waals surface area (Å²) in [6.07, 6.45) is 3.09. The van der Waals surface area contributed by atoms with Gasteiger partial charge in [0, 0.05) is 12.8 Å². The first kappa shape index (κ1) is 16.7. The molecule has 0 spiro atoms. The predicted octanol–water partition coefficient (Wildman–Crippen LogP) is 3.32. The summed E-state index contributed by atoms with van der Waals surface area (Å²) in [7, 11) is 0. The highest BCUT2D eigenvalue weighted by Crippen LogP contribution is 2.28. The number of carbonyl (C=O) groups is 1. The molecule has 134 valence electrons. The SMILES string of the molecule is Cc1noc2ncc(C(=O)NC(c3ccc(F)cc3)C3CCCO3)cc12. The zero-order valence-corrected chi connectivity index (χ0v) is 14.2. The molecule has 1 saturated heterocycles. The van der Waals surface area contributed by atoms with Crippen LogP contribution < -0.4 is 5.32 Å². The minimum atomic E-state index is -0.357. The first-order valence-electron chi connectivity index (χ1n) is 8.52. The lowest BCUT2D eigenvalue weighted by Gasteiger charge is -2.24. The van der Waals surface area contributed by atoms with Crippen molar-refractivity contribution in [2.45, 2.75) is 31.9 Å². The molecule has 6 nitrogen and oxygen atoms in total. The number of hydrogen-bond donors (Lipinski definition) is 1. The van der Waals surface area contributed by atoms with Gasteiger partial charge in [-0.05, 0) is 43.5 Å². The lowest BCUT2D eigenvalue weighted by molar-refractivity contribution is 0.0672. The van der Waals surface area contributed by atoms with Gasteiger partial charge in [0.2, 0.25) is 0 Å². The average Bonchev–Trinajstić information content (AvgIpc) is 3.30. The Balaban J connectivity index is 1.62. The first-order chi connectivity index (χ1) is 12.6. The largest absolute Gasteiger partial charge is 0.376 e. The second kappa shape index (κ2) is 6.84. The smallest absolute Gasteiger partial charge is 0.257 e. The van der Waals surface area contributed by atoms with E-state index in [-0.39, 0.29) is 23.9 Å². The number of carbonyl (C=O) groups excluding carboxylic acids is 1. The van der Waals surface area contributed by atoms with E-state index in [1.165, 1.54) is 18.3 Å². The van der Waals surface area contributed by atoms with Crippen LogP contribution in [0.4, 0.5) is 4.39 Å². The fourth-order valence-corrected chi connectivity index (χ4v) is 3.22. The number of amides is 1. The number of benzene rings is 1. The third kappa shape index (κ3) is 3.17. The molecule has 7 heteroatoms. The summed E-state index contributed by atoms with van der Waals surface area (Å²) in [5.41, 5.74) is 2.29. The highest BCUT2D eigenvalue weighted by Gasteiger charge is 2.29. The number of hydrogen-bond acceptors (Lipinski definition) is 5. The predicted molar refractivity (Wildman–Crippen MR) is 92.1 cm³/mol. The van der Waals surface area contributed by atoms with Crippen molar-refractivity contribution in [3.8, 4) is 0 Å². The molecule has 3 heterocycles. The molecule has 0 saturated carbocycles. The van der Waals surface area contributed by atoms with Gasteiger partial charge in [0.25, 0.3) is 11.6 Å². The summed E-state index contributed by atoms with van der Waals surface area (Å²) in [5, 5.41) is 7.56. The van der Waals surface area contributed by atoms with Crippen molar-refractivity contribution in [3.05, 3.63) is 59.2 Å². The minimum Gasteiger partial charge on any atom is -0.376 e. The summed E-state index contributed by atoms with van der Waals surface area (Å²) in [6, 6.07) is 7.47. The van der Waals surface area contributed by atoms with Gasteiger partial charge < -0.3 is 14.6 Å². The molecule has 3 aromatic rings. The van der Waals surface area contributed by atoms with Gasteiger partial charge in [-0.15, -0.1) is 0 Å². The van der Waals surface area contributed by atoms with E-state index in [4.69, 9.17) is 9.26 Å². The monoisotopic (exact) mass is 355 g/mol. The van der Waals surface area contributed by atoms with Crippen molar-refractivity contribution >= 4 is 17.0 Å². The molecule has 1 amide bonds. The maximum absolute atomic E-state index is 13.3. The van der Waals surface area contributed by atoms with Gasteiger partial charge in [-0.25, -0.2) is 9.37 Å². The number of halogens is 1. The van der Waals surface area contributed by atoms with Crippen molar-refractivity contribution in [3.63, 3.8) is 0 Å². The van der Waals surface area contributed by atoms with Crippen molar-refractivity contribution in [1.29, 1.82) is 0 Å². The van der Waals surface area contributed by atoms with Crippen LogP contribution in [0.2, 0.25) is 0 Å². The second-order valence-electron chi connectivity index (χ2n) is 6.40. The van der Waals surface area contributed by atoms with E-state index < -0.39 is 0 Å². The summed E-state index contributed by atoms with van der Waals surface area (Å²) < 4.78 is 24.1. The molecule has 2 aromatic heterocycles. The topological polar surface area (TPSA) is 77.2 Å². The average molecular weight is 355 g/mol. The van der Waals surface area contributed by atoms with Gasteiger partial charge in [-0.1, -0.05) is 17.3 Å². The molecule has 0 bridgehead atoms. The van der Waals surface area contributed by atoms with Crippen LogP contribution in [-0.4, -0.2) is 28.8 Å². The number of nitrogens with one attached hydrogen (secondary N) is 1. The Kier molecular flexibility index (Phi) is 4.38. The number of aryl methyl sites for hydroxylation is 1. The van der Waals surface area contributed by atoms with Gasteiger partial charge in [-0.3, -0.25) is 4.79 Å². The third-order valence-corrected chi connectivity index (χ3v) is 4.62. The Morgan fingerprint density at radius 3 is 2.88 bits per heavy atom. The van der Waals surface area contributed by atoms with Crippen molar-refractivity contribution in [1.82, 2.24) is 15.5 Å². The van der Waals surface area contributed by atoms with E-state index in [1.807, 2.05) is 0 Å². The molecule has 1 aliphatic rings. The van der Waals surface area contributed by atoms with E-state index in [2.05, 4.69) is 15.5 Å². The van der Waals surface area contributed by atoms with Gasteiger partial charge in [-0.2, -0.15) is 0 Å². The van der Waals surface area contributed by atoms with E-state index >= 15 is 0 Å². The van der Waals surface area contributed by atoms with Crippen LogP contribution in [-0.2, 0) is 4.74 Å². The Bertz CT molecular complexity index is 933. The van der Waals surface area contributed by atoms with Crippen LogP contribution >= 0.6 is 0 Å². The van der Waals surface area contributed by atoms with E-state index in [9.17, 15) is 9.18 Å². The Hall–Kier alpha value is -2.80. The normalized spacial score (nSPS) is 18.2. The molecule has 1 aliphatic heterocycles. The molecule has 1 N–H and O–H groups in total. The van der Waals surface area contributed by atoms with Crippen LogP contribution in [0.3, 0.4) is 0 Å². The molecule has 2 atom stereocenters. The summed E-state index contributed by atoms with van der Waals surface area (Å²) in [5.74, 6) is -0.589. The first-order valence-corrected chi connectivity index (χ1v) is 8.52. The third-order valence-electron chi connectivity index (χ3n) is 4.62. The quantitative estimate of drug-likeness (QED) is 0.777. The highest BCUT2D eigenvalue weighted by molar-refractivity contribution is 5.97. The van der Waals surface area contributed by atoms with Gasteiger partial charge in [0.1, 0.15) is 5.82 Å². The molecule has 26 heavy (non-hydrogen) atoms. The number of nitrogens with zero attached hydrogens (tertiary/aromatic N) is 2. The Morgan fingerprint density at radius 2 is 2.15 bits per heavy atom. The van der Waals surface area contributed by atoms with Gasteiger partial charge in [0.05, 0.1) is 28.8 Å². The van der Waals surface area contributed by atoms with Crippen molar-refractivity contribution in [2.75, 3.05) is 6.61 Å². The number of aromatic nitrogens is 2. The van der Waals surface area contributed by atoms with Crippen LogP contribution in [0.25, 0.3) is 11.1 Å². The number of pyridine rings is 1. The van der Waals surface area contributed by atoms with Crippen LogP contribution in [0.15, 0.2) is 41.1 Å². The maximum atomic E-state index is 13.3. The number of fused-ring (bicyclic) bond motifs is 1. The summed E-state index contributed by atoms with van der Waals surface area (Å²) in [4.78, 5) is 16.9. The maximum Gasteiger partial charge on any atom is 0.257 e. The van der Waals surface area contributed by atoms with E-state index in [0.717, 1.165) is 18.4 Å². The highest BCUT2D eigenvalue weighted by atomic mass is 19.1. The summed E-state index contributed by atoms with van der Waals surface area (Å²) >= 11 is 0.